The molecule has 2 heterocycles. The number of hydrogen-bond donors (Lipinski definition) is 1. The second-order valence-electron chi connectivity index (χ2n) is 8.60. The summed E-state index contributed by atoms with van der Waals surface area (Å²) in [6, 6.07) is 6.83. The minimum Gasteiger partial charge on any atom is -0.324 e. The first kappa shape index (κ1) is 21.5. The SMILES string of the molecule is Cc1cc(S(=O)(=O)C(C)C)ccc1Nc1ncc2c(C)cc(=O)n(C3CCCC3)c2n1. The third-order valence-electron chi connectivity index (χ3n) is 6.08. The molecule has 1 aliphatic carbocycles. The van der Waals surface area contributed by atoms with Crippen molar-refractivity contribution in [1.29, 1.82) is 0 Å². The van der Waals surface area contributed by atoms with Crippen LogP contribution in [0, 0.1) is 13.8 Å². The van der Waals surface area contributed by atoms with Crippen molar-refractivity contribution >= 4 is 32.5 Å². The number of anilines is 2. The van der Waals surface area contributed by atoms with Crippen LogP contribution in [0.3, 0.4) is 0 Å². The van der Waals surface area contributed by atoms with E-state index in [0.717, 1.165) is 47.9 Å². The fourth-order valence-corrected chi connectivity index (χ4v) is 5.34. The highest BCUT2D eigenvalue weighted by atomic mass is 32.2. The highest BCUT2D eigenvalue weighted by Crippen LogP contribution is 2.31. The van der Waals surface area contributed by atoms with Gasteiger partial charge in [0.1, 0.15) is 5.65 Å². The molecule has 1 saturated carbocycles. The zero-order valence-corrected chi connectivity index (χ0v) is 19.2. The molecule has 164 valence electrons. The van der Waals surface area contributed by atoms with Crippen molar-refractivity contribution in [2.24, 2.45) is 0 Å². The molecule has 0 amide bonds. The number of rotatable bonds is 5. The van der Waals surface area contributed by atoms with E-state index < -0.39 is 15.1 Å². The van der Waals surface area contributed by atoms with E-state index in [1.807, 2.05) is 18.4 Å². The third kappa shape index (κ3) is 3.96. The van der Waals surface area contributed by atoms with Crippen molar-refractivity contribution in [3.05, 3.63) is 51.9 Å². The van der Waals surface area contributed by atoms with Gasteiger partial charge in [-0.2, -0.15) is 4.98 Å². The number of fused-ring (bicyclic) bond motifs is 1. The minimum atomic E-state index is -3.34. The van der Waals surface area contributed by atoms with Gasteiger partial charge in [0.15, 0.2) is 9.84 Å². The van der Waals surface area contributed by atoms with Gasteiger partial charge in [-0.3, -0.25) is 9.36 Å². The smallest absolute Gasteiger partial charge is 0.252 e. The Bertz CT molecular complexity index is 1310. The Morgan fingerprint density at radius 3 is 2.45 bits per heavy atom. The average Bonchev–Trinajstić information content (AvgIpc) is 3.23. The Morgan fingerprint density at radius 1 is 1.10 bits per heavy atom. The van der Waals surface area contributed by atoms with E-state index >= 15 is 0 Å². The van der Waals surface area contributed by atoms with E-state index in [4.69, 9.17) is 4.98 Å². The van der Waals surface area contributed by atoms with Crippen molar-refractivity contribution < 1.29 is 8.42 Å². The molecule has 0 aliphatic heterocycles. The van der Waals surface area contributed by atoms with E-state index in [1.54, 1.807) is 44.3 Å². The predicted molar refractivity (Wildman–Crippen MR) is 123 cm³/mol. The van der Waals surface area contributed by atoms with E-state index in [1.165, 1.54) is 0 Å². The zero-order chi connectivity index (χ0) is 22.3. The van der Waals surface area contributed by atoms with Crippen molar-refractivity contribution in [3.8, 4) is 0 Å². The van der Waals surface area contributed by atoms with E-state index in [0.29, 0.717) is 16.5 Å². The normalized spacial score (nSPS) is 15.1. The zero-order valence-electron chi connectivity index (χ0n) is 18.3. The molecule has 0 spiro atoms. The first-order valence-electron chi connectivity index (χ1n) is 10.7. The monoisotopic (exact) mass is 440 g/mol. The number of nitrogens with zero attached hydrogens (tertiary/aromatic N) is 3. The molecule has 3 aromatic rings. The number of aromatic nitrogens is 3. The molecule has 1 aromatic carbocycles. The van der Waals surface area contributed by atoms with Crippen molar-refractivity contribution in [2.45, 2.75) is 69.6 Å². The Kier molecular flexibility index (Phi) is 5.60. The molecular formula is C23H28N4O3S. The summed E-state index contributed by atoms with van der Waals surface area (Å²) in [5.41, 5.74) is 2.99. The van der Waals surface area contributed by atoms with Crippen LogP contribution < -0.4 is 10.9 Å². The summed E-state index contributed by atoms with van der Waals surface area (Å²) in [7, 11) is -3.34. The van der Waals surface area contributed by atoms with E-state index in [9.17, 15) is 13.2 Å². The molecule has 0 unspecified atom stereocenters. The van der Waals surface area contributed by atoms with Crippen LogP contribution in [-0.2, 0) is 9.84 Å². The van der Waals surface area contributed by atoms with Gasteiger partial charge in [-0.25, -0.2) is 13.4 Å². The van der Waals surface area contributed by atoms with Gasteiger partial charge in [-0.1, -0.05) is 12.8 Å². The molecule has 8 heteroatoms. The second-order valence-corrected chi connectivity index (χ2v) is 11.1. The topological polar surface area (TPSA) is 94.0 Å². The lowest BCUT2D eigenvalue weighted by atomic mass is 10.1. The number of hydrogen-bond acceptors (Lipinski definition) is 6. The maximum atomic E-state index is 12.8. The highest BCUT2D eigenvalue weighted by Gasteiger charge is 2.22. The van der Waals surface area contributed by atoms with E-state index in [2.05, 4.69) is 10.3 Å². The summed E-state index contributed by atoms with van der Waals surface area (Å²) >= 11 is 0. The van der Waals surface area contributed by atoms with Gasteiger partial charge < -0.3 is 5.32 Å². The Morgan fingerprint density at radius 2 is 1.81 bits per heavy atom. The predicted octanol–water partition coefficient (Wildman–Crippen LogP) is 4.45. The molecular weight excluding hydrogens is 412 g/mol. The van der Waals surface area contributed by atoms with Crippen LogP contribution in [0.15, 0.2) is 40.2 Å². The standard InChI is InChI=1S/C23H28N4O3S/c1-14(2)31(29,30)18-9-10-20(16(4)11-18)25-23-24-13-19-15(3)12-21(28)27(22(19)26-23)17-7-5-6-8-17/h9-14,17H,5-8H2,1-4H3,(H,24,25,26). The summed E-state index contributed by atoms with van der Waals surface area (Å²) in [6.45, 7) is 7.09. The van der Waals surface area contributed by atoms with Crippen LogP contribution in [-0.4, -0.2) is 28.2 Å². The molecule has 0 bridgehead atoms. The van der Waals surface area contributed by atoms with Gasteiger partial charge >= 0.3 is 0 Å². The lowest BCUT2D eigenvalue weighted by Crippen LogP contribution is -2.24. The molecule has 4 rings (SSSR count). The summed E-state index contributed by atoms with van der Waals surface area (Å²) < 4.78 is 26.7. The fraction of sp³-hybridized carbons (Fsp3) is 0.435. The molecule has 1 aliphatic rings. The van der Waals surface area contributed by atoms with Crippen LogP contribution in [0.5, 0.6) is 0 Å². The van der Waals surface area contributed by atoms with Gasteiger partial charge in [-0.05, 0) is 69.9 Å². The summed E-state index contributed by atoms with van der Waals surface area (Å²) in [5.74, 6) is 0.381. The van der Waals surface area contributed by atoms with Gasteiger partial charge in [0.05, 0.1) is 10.1 Å². The Labute approximate surface area is 182 Å². The number of nitrogens with one attached hydrogen (secondary N) is 1. The molecule has 0 saturated heterocycles. The number of pyridine rings is 1. The van der Waals surface area contributed by atoms with Gasteiger partial charge in [0, 0.05) is 29.4 Å². The lowest BCUT2D eigenvalue weighted by Gasteiger charge is -2.18. The molecule has 31 heavy (non-hydrogen) atoms. The van der Waals surface area contributed by atoms with Crippen LogP contribution in [0.4, 0.5) is 11.6 Å². The largest absolute Gasteiger partial charge is 0.324 e. The quantitative estimate of drug-likeness (QED) is 0.630. The first-order valence-corrected chi connectivity index (χ1v) is 12.2. The summed E-state index contributed by atoms with van der Waals surface area (Å²) in [5, 5.41) is 3.58. The average molecular weight is 441 g/mol. The van der Waals surface area contributed by atoms with Crippen LogP contribution in [0.25, 0.3) is 11.0 Å². The van der Waals surface area contributed by atoms with Crippen LogP contribution in [0.1, 0.15) is 56.7 Å². The van der Waals surface area contributed by atoms with Gasteiger partial charge in [0.2, 0.25) is 5.95 Å². The molecule has 7 nitrogen and oxygen atoms in total. The molecule has 0 radical (unpaired) electrons. The molecule has 2 aromatic heterocycles. The van der Waals surface area contributed by atoms with Gasteiger partial charge in [-0.15, -0.1) is 0 Å². The number of sulfone groups is 1. The van der Waals surface area contributed by atoms with Gasteiger partial charge in [0.25, 0.3) is 5.56 Å². The maximum Gasteiger partial charge on any atom is 0.252 e. The number of benzene rings is 1. The summed E-state index contributed by atoms with van der Waals surface area (Å²) in [4.78, 5) is 22.2. The molecule has 0 atom stereocenters. The minimum absolute atomic E-state index is 0.0269. The Balaban J connectivity index is 1.74. The van der Waals surface area contributed by atoms with Crippen LogP contribution >= 0.6 is 0 Å². The first-order chi connectivity index (χ1) is 14.7. The lowest BCUT2D eigenvalue weighted by molar-refractivity contribution is 0.515. The molecule has 1 fully saturated rings. The van der Waals surface area contributed by atoms with Crippen molar-refractivity contribution in [3.63, 3.8) is 0 Å². The van der Waals surface area contributed by atoms with E-state index in [-0.39, 0.29) is 11.6 Å². The van der Waals surface area contributed by atoms with Crippen LogP contribution in [0.2, 0.25) is 0 Å². The number of aryl methyl sites for hydroxylation is 2. The Hall–Kier alpha value is -2.74. The maximum absolute atomic E-state index is 12.8. The van der Waals surface area contributed by atoms with Crippen molar-refractivity contribution in [2.75, 3.05) is 5.32 Å². The third-order valence-corrected chi connectivity index (χ3v) is 8.23. The fourth-order valence-electron chi connectivity index (χ4n) is 4.19. The summed E-state index contributed by atoms with van der Waals surface area (Å²) in [6.07, 6.45) is 5.95. The highest BCUT2D eigenvalue weighted by molar-refractivity contribution is 7.92. The second kappa shape index (κ2) is 8.07. The molecule has 1 N–H and O–H groups in total. The van der Waals surface area contributed by atoms with Crippen molar-refractivity contribution in [1.82, 2.24) is 14.5 Å².